The minimum Gasteiger partial charge on any atom is -0.359 e. The highest BCUT2D eigenvalue weighted by molar-refractivity contribution is 14.0. The molecule has 0 saturated carbocycles. The van der Waals surface area contributed by atoms with Gasteiger partial charge in [0, 0.05) is 19.2 Å². The van der Waals surface area contributed by atoms with Crippen LogP contribution in [0.2, 0.25) is 0 Å². The molecule has 0 saturated heterocycles. The van der Waals surface area contributed by atoms with Crippen molar-refractivity contribution in [2.24, 2.45) is 4.99 Å². The molecule has 2 N–H and O–H groups in total. The molecule has 0 fully saturated rings. The fourth-order valence-electron chi connectivity index (χ4n) is 2.65. The Balaban J connectivity index is 0.00000392. The van der Waals surface area contributed by atoms with Gasteiger partial charge in [0.25, 0.3) is 0 Å². The second-order valence-electron chi connectivity index (χ2n) is 6.98. The molecule has 1 aromatic heterocycles. The predicted molar refractivity (Wildman–Crippen MR) is 122 cm³/mol. The lowest BCUT2D eigenvalue weighted by atomic mass is 10.1. The fourth-order valence-corrected chi connectivity index (χ4v) is 2.65. The number of hydrogen-bond donors (Lipinski definition) is 2. The minimum atomic E-state index is -0.230. The van der Waals surface area contributed by atoms with Crippen molar-refractivity contribution >= 4 is 29.9 Å². The van der Waals surface area contributed by atoms with Gasteiger partial charge in [-0.05, 0) is 44.6 Å². The fraction of sp³-hybridized carbons (Fsp3) is 0.500. The summed E-state index contributed by atoms with van der Waals surface area (Å²) in [5, 5.41) is 10.7. The van der Waals surface area contributed by atoms with E-state index in [1.54, 1.807) is 0 Å². The number of likely N-dealkylation sites (N-methyl/N-ethyl adjacent to an activating group) is 1. The molecule has 1 aromatic carbocycles. The number of halogens is 2. The van der Waals surface area contributed by atoms with Crippen LogP contribution in [0, 0.1) is 5.82 Å². The van der Waals surface area contributed by atoms with Gasteiger partial charge in [-0.15, -0.1) is 24.0 Å². The Morgan fingerprint density at radius 3 is 2.43 bits per heavy atom. The van der Waals surface area contributed by atoms with Crippen molar-refractivity contribution < 1.29 is 8.91 Å². The van der Waals surface area contributed by atoms with Crippen molar-refractivity contribution in [3.8, 4) is 0 Å². The smallest absolute Gasteiger partial charge is 0.191 e. The molecule has 8 heteroatoms. The molecule has 156 valence electrons. The topological polar surface area (TPSA) is 65.7 Å². The maximum Gasteiger partial charge on any atom is 0.191 e. The number of aromatic nitrogens is 1. The van der Waals surface area contributed by atoms with Gasteiger partial charge in [-0.25, -0.2) is 9.38 Å². The molecule has 2 rings (SSSR count). The summed E-state index contributed by atoms with van der Waals surface area (Å²) in [5.74, 6) is 1.54. The van der Waals surface area contributed by atoms with Crippen molar-refractivity contribution in [2.75, 3.05) is 27.2 Å². The molecule has 1 unspecified atom stereocenters. The SMILES string of the molecule is CCNC(=NCc1cc(C(C)C)no1)NCC(c1ccc(F)cc1)N(C)C.I. The first-order valence-electron chi connectivity index (χ1n) is 9.30. The van der Waals surface area contributed by atoms with Gasteiger partial charge >= 0.3 is 0 Å². The highest BCUT2D eigenvalue weighted by Crippen LogP contribution is 2.18. The summed E-state index contributed by atoms with van der Waals surface area (Å²) in [6.07, 6.45) is 0. The summed E-state index contributed by atoms with van der Waals surface area (Å²) >= 11 is 0. The van der Waals surface area contributed by atoms with Gasteiger partial charge in [0.2, 0.25) is 0 Å². The molecule has 28 heavy (non-hydrogen) atoms. The van der Waals surface area contributed by atoms with Crippen LogP contribution in [-0.4, -0.2) is 43.2 Å². The first-order chi connectivity index (χ1) is 12.9. The number of hydrogen-bond acceptors (Lipinski definition) is 4. The van der Waals surface area contributed by atoms with Gasteiger partial charge < -0.3 is 20.1 Å². The van der Waals surface area contributed by atoms with Crippen LogP contribution in [0.5, 0.6) is 0 Å². The Morgan fingerprint density at radius 2 is 1.89 bits per heavy atom. The molecule has 0 aliphatic heterocycles. The Bertz CT molecular complexity index is 730. The molecule has 2 aromatic rings. The summed E-state index contributed by atoms with van der Waals surface area (Å²) in [7, 11) is 4.00. The van der Waals surface area contributed by atoms with Crippen LogP contribution in [0.15, 0.2) is 39.8 Å². The van der Waals surface area contributed by atoms with E-state index in [0.717, 1.165) is 23.6 Å². The van der Waals surface area contributed by atoms with E-state index in [2.05, 4.69) is 39.5 Å². The first kappa shape index (κ1) is 24.4. The Labute approximate surface area is 184 Å². The molecular weight excluding hydrogens is 472 g/mol. The maximum atomic E-state index is 13.2. The van der Waals surface area contributed by atoms with Gasteiger partial charge in [-0.2, -0.15) is 0 Å². The van der Waals surface area contributed by atoms with E-state index in [0.29, 0.717) is 25.0 Å². The molecule has 6 nitrogen and oxygen atoms in total. The van der Waals surface area contributed by atoms with Crippen molar-refractivity contribution in [1.29, 1.82) is 0 Å². The van der Waals surface area contributed by atoms with Crippen LogP contribution in [-0.2, 0) is 6.54 Å². The van der Waals surface area contributed by atoms with Gasteiger partial charge in [-0.3, -0.25) is 0 Å². The number of nitrogens with zero attached hydrogens (tertiary/aromatic N) is 3. The molecule has 0 spiro atoms. The number of aliphatic imine (C=N–C) groups is 1. The quantitative estimate of drug-likeness (QED) is 0.325. The van der Waals surface area contributed by atoms with Crippen LogP contribution >= 0.6 is 24.0 Å². The third kappa shape index (κ3) is 7.38. The minimum absolute atomic E-state index is 0. The van der Waals surface area contributed by atoms with Crippen LogP contribution in [0.25, 0.3) is 0 Å². The van der Waals surface area contributed by atoms with E-state index in [4.69, 9.17) is 4.52 Å². The Hall–Kier alpha value is -1.68. The number of guanidine groups is 1. The molecular formula is C20H31FIN5O. The summed E-state index contributed by atoms with van der Waals surface area (Å²) in [5.41, 5.74) is 1.98. The number of nitrogens with one attached hydrogen (secondary N) is 2. The Morgan fingerprint density at radius 1 is 1.21 bits per heavy atom. The van der Waals surface area contributed by atoms with Crippen LogP contribution in [0.3, 0.4) is 0 Å². The van der Waals surface area contributed by atoms with E-state index in [9.17, 15) is 4.39 Å². The average molecular weight is 503 g/mol. The molecule has 0 bridgehead atoms. The van der Waals surface area contributed by atoms with E-state index in [1.807, 2.05) is 39.2 Å². The summed E-state index contributed by atoms with van der Waals surface area (Å²) in [6.45, 7) is 7.98. The zero-order valence-electron chi connectivity index (χ0n) is 17.2. The molecule has 0 aliphatic rings. The zero-order valence-corrected chi connectivity index (χ0v) is 19.5. The van der Waals surface area contributed by atoms with Gasteiger partial charge in [0.15, 0.2) is 11.7 Å². The van der Waals surface area contributed by atoms with Crippen molar-refractivity contribution in [3.05, 3.63) is 53.2 Å². The first-order valence-corrected chi connectivity index (χ1v) is 9.30. The van der Waals surface area contributed by atoms with E-state index >= 15 is 0 Å². The third-order valence-corrected chi connectivity index (χ3v) is 4.25. The number of benzene rings is 1. The molecule has 1 atom stereocenters. The highest BCUT2D eigenvalue weighted by atomic mass is 127. The second-order valence-corrected chi connectivity index (χ2v) is 6.98. The van der Waals surface area contributed by atoms with Crippen LogP contribution < -0.4 is 10.6 Å². The lowest BCUT2D eigenvalue weighted by Crippen LogP contribution is -2.41. The van der Waals surface area contributed by atoms with Crippen LogP contribution in [0.1, 0.15) is 49.7 Å². The Kier molecular flexibility index (Phi) is 10.4. The van der Waals surface area contributed by atoms with E-state index in [-0.39, 0.29) is 35.8 Å². The lowest BCUT2D eigenvalue weighted by molar-refractivity contribution is 0.298. The normalized spacial score (nSPS) is 12.8. The summed E-state index contributed by atoms with van der Waals surface area (Å²) in [4.78, 5) is 6.67. The lowest BCUT2D eigenvalue weighted by Gasteiger charge is -2.26. The molecule has 0 amide bonds. The molecule has 0 aliphatic carbocycles. The second kappa shape index (κ2) is 12.0. The highest BCUT2D eigenvalue weighted by Gasteiger charge is 2.15. The van der Waals surface area contributed by atoms with Crippen molar-refractivity contribution in [3.63, 3.8) is 0 Å². The molecule has 0 radical (unpaired) electrons. The predicted octanol–water partition coefficient (Wildman–Crippen LogP) is 3.91. The van der Waals surface area contributed by atoms with Crippen molar-refractivity contribution in [1.82, 2.24) is 20.7 Å². The molecule has 1 heterocycles. The van der Waals surface area contributed by atoms with Gasteiger partial charge in [-0.1, -0.05) is 31.1 Å². The largest absolute Gasteiger partial charge is 0.359 e. The monoisotopic (exact) mass is 503 g/mol. The standard InChI is InChI=1S/C20H30FN5O.HI/c1-6-22-20(23-12-17-11-18(14(2)3)25-27-17)24-13-19(26(4)5)15-7-9-16(21)10-8-15;/h7-11,14,19H,6,12-13H2,1-5H3,(H2,22,23,24);1H. The summed E-state index contributed by atoms with van der Waals surface area (Å²) < 4.78 is 18.5. The third-order valence-electron chi connectivity index (χ3n) is 4.25. The van der Waals surface area contributed by atoms with Crippen LogP contribution in [0.4, 0.5) is 4.39 Å². The van der Waals surface area contributed by atoms with E-state index < -0.39 is 0 Å². The van der Waals surface area contributed by atoms with Crippen molar-refractivity contribution in [2.45, 2.75) is 39.3 Å². The zero-order chi connectivity index (χ0) is 19.8. The number of rotatable bonds is 8. The van der Waals surface area contributed by atoms with Gasteiger partial charge in [0.1, 0.15) is 12.4 Å². The summed E-state index contributed by atoms with van der Waals surface area (Å²) in [6, 6.07) is 8.63. The average Bonchev–Trinajstić information content (AvgIpc) is 3.10. The maximum absolute atomic E-state index is 13.2. The van der Waals surface area contributed by atoms with Gasteiger partial charge in [0.05, 0.1) is 11.7 Å². The van der Waals surface area contributed by atoms with E-state index in [1.165, 1.54) is 12.1 Å².